The Labute approximate surface area is 133 Å². The molecule has 106 valence electrons. The summed E-state index contributed by atoms with van der Waals surface area (Å²) in [5, 5.41) is 9.73. The normalized spacial score (nSPS) is 12.2. The molecule has 20 heavy (non-hydrogen) atoms. The van der Waals surface area contributed by atoms with Crippen molar-refractivity contribution in [3.63, 3.8) is 0 Å². The first kappa shape index (κ1) is 15.5. The van der Waals surface area contributed by atoms with Crippen LogP contribution in [0.2, 0.25) is 0 Å². The Bertz CT molecular complexity index is 615. The van der Waals surface area contributed by atoms with Gasteiger partial charge in [-0.05, 0) is 31.2 Å². The first-order valence-corrected chi connectivity index (χ1v) is 7.60. The highest BCUT2D eigenvalue weighted by Crippen LogP contribution is 2.30. The summed E-state index contributed by atoms with van der Waals surface area (Å²) in [6, 6.07) is 9.92. The van der Waals surface area contributed by atoms with Crippen molar-refractivity contribution in [2.45, 2.75) is 19.6 Å². The highest BCUT2D eigenvalue weighted by Gasteiger charge is 2.11. The summed E-state index contributed by atoms with van der Waals surface area (Å²) in [7, 11) is 0. The van der Waals surface area contributed by atoms with E-state index < -0.39 is 6.10 Å². The predicted octanol–water partition coefficient (Wildman–Crippen LogP) is 4.98. The average Bonchev–Trinajstić information content (AvgIpc) is 2.37. The molecule has 0 amide bonds. The van der Waals surface area contributed by atoms with E-state index in [-0.39, 0.29) is 12.4 Å². The van der Waals surface area contributed by atoms with Gasteiger partial charge >= 0.3 is 0 Å². The van der Waals surface area contributed by atoms with Crippen LogP contribution in [0.5, 0.6) is 5.75 Å². The molecule has 0 fully saturated rings. The van der Waals surface area contributed by atoms with Crippen LogP contribution >= 0.6 is 31.9 Å². The van der Waals surface area contributed by atoms with Gasteiger partial charge in [-0.3, -0.25) is 0 Å². The van der Waals surface area contributed by atoms with Crippen molar-refractivity contribution in [3.8, 4) is 5.75 Å². The van der Waals surface area contributed by atoms with Gasteiger partial charge in [0.25, 0.3) is 0 Å². The van der Waals surface area contributed by atoms with Crippen molar-refractivity contribution < 1.29 is 14.2 Å². The Morgan fingerprint density at radius 2 is 1.95 bits per heavy atom. The predicted molar refractivity (Wildman–Crippen MR) is 83.2 cm³/mol. The van der Waals surface area contributed by atoms with Gasteiger partial charge < -0.3 is 9.84 Å². The SMILES string of the molecule is C[C@@H](O)c1ccc(Br)cc1OCc1ccc(F)cc1Br. The molecule has 0 aliphatic heterocycles. The maximum atomic E-state index is 13.0. The Hall–Kier alpha value is -0.910. The van der Waals surface area contributed by atoms with Gasteiger partial charge in [0.1, 0.15) is 18.2 Å². The summed E-state index contributed by atoms with van der Waals surface area (Å²) in [6.07, 6.45) is -0.616. The molecule has 2 aromatic carbocycles. The van der Waals surface area contributed by atoms with E-state index >= 15 is 0 Å². The largest absolute Gasteiger partial charge is 0.488 e. The second-order valence-electron chi connectivity index (χ2n) is 4.38. The minimum atomic E-state index is -0.616. The zero-order valence-electron chi connectivity index (χ0n) is 10.7. The van der Waals surface area contributed by atoms with Crippen molar-refractivity contribution in [3.05, 3.63) is 62.3 Å². The molecule has 0 aliphatic carbocycles. The summed E-state index contributed by atoms with van der Waals surface area (Å²) in [6.45, 7) is 1.97. The molecule has 0 saturated carbocycles. The number of hydrogen-bond donors (Lipinski definition) is 1. The lowest BCUT2D eigenvalue weighted by Gasteiger charge is -2.14. The number of ether oxygens (including phenoxy) is 1. The molecule has 2 aromatic rings. The molecule has 1 atom stereocenters. The lowest BCUT2D eigenvalue weighted by Crippen LogP contribution is -2.01. The number of aliphatic hydroxyl groups is 1. The van der Waals surface area contributed by atoms with Crippen molar-refractivity contribution in [2.75, 3.05) is 0 Å². The molecule has 2 nitrogen and oxygen atoms in total. The number of halogens is 3. The van der Waals surface area contributed by atoms with E-state index in [9.17, 15) is 9.50 Å². The maximum absolute atomic E-state index is 13.0. The van der Waals surface area contributed by atoms with Crippen molar-refractivity contribution in [1.29, 1.82) is 0 Å². The zero-order chi connectivity index (χ0) is 14.7. The number of rotatable bonds is 4. The summed E-state index contributed by atoms with van der Waals surface area (Å²) in [5.41, 5.74) is 1.55. The molecule has 2 rings (SSSR count). The summed E-state index contributed by atoms with van der Waals surface area (Å²) in [4.78, 5) is 0. The number of benzene rings is 2. The molecule has 0 bridgehead atoms. The van der Waals surface area contributed by atoms with E-state index in [0.29, 0.717) is 15.8 Å². The van der Waals surface area contributed by atoms with Crippen LogP contribution in [0.15, 0.2) is 45.3 Å². The molecule has 0 unspecified atom stereocenters. The Balaban J connectivity index is 2.20. The summed E-state index contributed by atoms with van der Waals surface area (Å²) < 4.78 is 20.3. The van der Waals surface area contributed by atoms with Crippen LogP contribution in [0.25, 0.3) is 0 Å². The van der Waals surface area contributed by atoms with E-state index in [1.807, 2.05) is 12.1 Å². The molecule has 0 aromatic heterocycles. The highest BCUT2D eigenvalue weighted by molar-refractivity contribution is 9.10. The topological polar surface area (TPSA) is 29.5 Å². The summed E-state index contributed by atoms with van der Waals surface area (Å²) >= 11 is 6.68. The van der Waals surface area contributed by atoms with Gasteiger partial charge in [0, 0.05) is 20.1 Å². The first-order valence-electron chi connectivity index (χ1n) is 6.01. The molecule has 0 spiro atoms. The van der Waals surface area contributed by atoms with Crippen LogP contribution in [-0.4, -0.2) is 5.11 Å². The van der Waals surface area contributed by atoms with Crippen LogP contribution in [0.1, 0.15) is 24.2 Å². The van der Waals surface area contributed by atoms with Crippen molar-refractivity contribution >= 4 is 31.9 Å². The quantitative estimate of drug-likeness (QED) is 0.779. The second kappa shape index (κ2) is 6.70. The van der Waals surface area contributed by atoms with Gasteiger partial charge in [0.2, 0.25) is 0 Å². The smallest absolute Gasteiger partial charge is 0.126 e. The van der Waals surface area contributed by atoms with Crippen LogP contribution in [0.3, 0.4) is 0 Å². The van der Waals surface area contributed by atoms with E-state index in [0.717, 1.165) is 10.0 Å². The van der Waals surface area contributed by atoms with E-state index in [4.69, 9.17) is 4.74 Å². The average molecular weight is 404 g/mol. The molecule has 1 N–H and O–H groups in total. The first-order chi connectivity index (χ1) is 9.47. The van der Waals surface area contributed by atoms with Crippen molar-refractivity contribution in [1.82, 2.24) is 0 Å². The lowest BCUT2D eigenvalue weighted by molar-refractivity contribution is 0.190. The fourth-order valence-electron chi connectivity index (χ4n) is 1.77. The van der Waals surface area contributed by atoms with Gasteiger partial charge in [-0.2, -0.15) is 0 Å². The monoisotopic (exact) mass is 402 g/mol. The van der Waals surface area contributed by atoms with Crippen molar-refractivity contribution in [2.24, 2.45) is 0 Å². The van der Waals surface area contributed by atoms with Gasteiger partial charge in [-0.15, -0.1) is 0 Å². The van der Waals surface area contributed by atoms with E-state index in [1.54, 1.807) is 19.1 Å². The highest BCUT2D eigenvalue weighted by atomic mass is 79.9. The molecular formula is C15H13Br2FO2. The standard InChI is InChI=1S/C15H13Br2FO2/c1-9(19)13-5-3-11(16)6-15(13)20-8-10-2-4-12(18)7-14(10)17/h2-7,9,19H,8H2,1H3/t9-/m1/s1. The Morgan fingerprint density at radius 3 is 2.60 bits per heavy atom. The van der Waals surface area contributed by atoms with Crippen LogP contribution in [0, 0.1) is 5.82 Å². The van der Waals surface area contributed by atoms with Crippen LogP contribution in [0.4, 0.5) is 4.39 Å². The van der Waals surface area contributed by atoms with Gasteiger partial charge in [-0.25, -0.2) is 4.39 Å². The molecular weight excluding hydrogens is 391 g/mol. The van der Waals surface area contributed by atoms with E-state index in [1.165, 1.54) is 12.1 Å². The molecule has 0 heterocycles. The number of aliphatic hydroxyl groups excluding tert-OH is 1. The number of hydrogen-bond acceptors (Lipinski definition) is 2. The third-order valence-electron chi connectivity index (χ3n) is 2.82. The Morgan fingerprint density at radius 1 is 1.20 bits per heavy atom. The molecule has 0 saturated heterocycles. The molecule has 0 radical (unpaired) electrons. The third kappa shape index (κ3) is 3.81. The maximum Gasteiger partial charge on any atom is 0.126 e. The lowest BCUT2D eigenvalue weighted by atomic mass is 10.1. The van der Waals surface area contributed by atoms with E-state index in [2.05, 4.69) is 31.9 Å². The van der Waals surface area contributed by atoms with Gasteiger partial charge in [-0.1, -0.05) is 44.0 Å². The minimum absolute atomic E-state index is 0.289. The summed E-state index contributed by atoms with van der Waals surface area (Å²) in [5.74, 6) is 0.304. The fourth-order valence-corrected chi connectivity index (χ4v) is 2.58. The third-order valence-corrected chi connectivity index (χ3v) is 4.06. The fraction of sp³-hybridized carbons (Fsp3) is 0.200. The second-order valence-corrected chi connectivity index (χ2v) is 6.15. The zero-order valence-corrected chi connectivity index (χ0v) is 13.9. The van der Waals surface area contributed by atoms with Gasteiger partial charge in [0.05, 0.1) is 6.10 Å². The van der Waals surface area contributed by atoms with Crippen LogP contribution < -0.4 is 4.74 Å². The molecule has 5 heteroatoms. The minimum Gasteiger partial charge on any atom is -0.488 e. The van der Waals surface area contributed by atoms with Gasteiger partial charge in [0.15, 0.2) is 0 Å². The van der Waals surface area contributed by atoms with Crippen LogP contribution in [-0.2, 0) is 6.61 Å². The molecule has 0 aliphatic rings. The Kier molecular flexibility index (Phi) is 5.18.